The molecular formula is C18H19N3O2S. The topological polar surface area (TPSA) is 60.1 Å². The molecule has 0 unspecified atom stereocenters. The summed E-state index contributed by atoms with van der Waals surface area (Å²) < 4.78 is 7.14. The molecule has 6 heteroatoms. The minimum absolute atomic E-state index is 0.0149. The number of nitrogens with zero attached hydrogens (tertiary/aromatic N) is 2. The molecule has 0 fully saturated rings. The lowest BCUT2D eigenvalue weighted by Gasteiger charge is -2.03. The second-order valence-electron chi connectivity index (χ2n) is 5.38. The van der Waals surface area contributed by atoms with Gasteiger partial charge < -0.3 is 9.73 Å². The van der Waals surface area contributed by atoms with E-state index in [-0.39, 0.29) is 5.91 Å². The van der Waals surface area contributed by atoms with Gasteiger partial charge in [0.25, 0.3) is 0 Å². The first-order valence-electron chi connectivity index (χ1n) is 7.67. The highest BCUT2D eigenvalue weighted by Crippen LogP contribution is 2.20. The van der Waals surface area contributed by atoms with E-state index in [9.17, 15) is 4.79 Å². The van der Waals surface area contributed by atoms with Gasteiger partial charge >= 0.3 is 0 Å². The van der Waals surface area contributed by atoms with Crippen molar-refractivity contribution in [3.63, 3.8) is 0 Å². The Labute approximate surface area is 145 Å². The lowest BCUT2D eigenvalue weighted by Crippen LogP contribution is -2.24. The average molecular weight is 341 g/mol. The lowest BCUT2D eigenvalue weighted by molar-refractivity contribution is -0.118. The third-order valence-corrected chi connectivity index (χ3v) is 4.52. The summed E-state index contributed by atoms with van der Waals surface area (Å²) in [6.07, 6.45) is 1.63. The smallest absolute Gasteiger partial charge is 0.230 e. The Morgan fingerprint density at radius 1 is 1.25 bits per heavy atom. The summed E-state index contributed by atoms with van der Waals surface area (Å²) in [4.78, 5) is 11.9. The number of nitrogens with one attached hydrogen (secondary N) is 1. The molecule has 0 saturated heterocycles. The Hall–Kier alpha value is -2.47. The number of rotatable bonds is 7. The van der Waals surface area contributed by atoms with Gasteiger partial charge in [-0.2, -0.15) is 5.10 Å². The molecule has 1 N–H and O–H groups in total. The number of benzene rings is 1. The fourth-order valence-electron chi connectivity index (χ4n) is 2.34. The van der Waals surface area contributed by atoms with Crippen molar-refractivity contribution in [2.24, 2.45) is 7.05 Å². The molecule has 0 radical (unpaired) electrons. The maximum atomic E-state index is 11.9. The highest BCUT2D eigenvalue weighted by atomic mass is 32.2. The van der Waals surface area contributed by atoms with Crippen LogP contribution in [0.4, 0.5) is 0 Å². The Kier molecular flexibility index (Phi) is 5.38. The minimum atomic E-state index is 0.0149. The molecule has 0 aliphatic carbocycles. The number of aryl methyl sites for hydroxylation is 1. The Bertz CT molecular complexity index is 782. The maximum absolute atomic E-state index is 11.9. The fraction of sp³-hybridized carbons (Fsp3) is 0.222. The van der Waals surface area contributed by atoms with E-state index < -0.39 is 0 Å². The predicted molar refractivity (Wildman–Crippen MR) is 95.4 cm³/mol. The van der Waals surface area contributed by atoms with Crippen LogP contribution in [-0.2, 0) is 24.1 Å². The average Bonchev–Trinajstić information content (AvgIpc) is 3.23. The Morgan fingerprint density at radius 2 is 2.08 bits per heavy atom. The standard InChI is InChI=1S/C18H19N3O2S/c1-21-16(17-8-5-9-23-17)10-15(20-21)11-19-18(22)13-24-12-14-6-3-2-4-7-14/h2-10H,11-13H2,1H3,(H,19,22). The van der Waals surface area contributed by atoms with Gasteiger partial charge in [0.1, 0.15) is 5.69 Å². The zero-order chi connectivity index (χ0) is 16.8. The van der Waals surface area contributed by atoms with Crippen LogP contribution in [0.1, 0.15) is 11.3 Å². The first-order valence-corrected chi connectivity index (χ1v) is 8.83. The van der Waals surface area contributed by atoms with Gasteiger partial charge in [-0.05, 0) is 23.8 Å². The van der Waals surface area contributed by atoms with E-state index in [4.69, 9.17) is 4.42 Å². The number of aromatic nitrogens is 2. The first-order chi connectivity index (χ1) is 11.7. The molecule has 2 aromatic heterocycles. The van der Waals surface area contributed by atoms with Crippen molar-refractivity contribution < 1.29 is 9.21 Å². The molecule has 1 amide bonds. The third-order valence-electron chi connectivity index (χ3n) is 3.52. The molecule has 0 aliphatic heterocycles. The van der Waals surface area contributed by atoms with Gasteiger partial charge in [0.2, 0.25) is 5.91 Å². The van der Waals surface area contributed by atoms with Gasteiger partial charge in [0.05, 0.1) is 24.3 Å². The summed E-state index contributed by atoms with van der Waals surface area (Å²) in [5, 5.41) is 7.31. The zero-order valence-electron chi connectivity index (χ0n) is 13.4. The van der Waals surface area contributed by atoms with E-state index in [1.807, 2.05) is 43.4 Å². The molecule has 0 aliphatic rings. The second-order valence-corrected chi connectivity index (χ2v) is 6.36. The molecular weight excluding hydrogens is 322 g/mol. The van der Waals surface area contributed by atoms with Crippen molar-refractivity contribution in [1.29, 1.82) is 0 Å². The van der Waals surface area contributed by atoms with E-state index in [0.29, 0.717) is 12.3 Å². The van der Waals surface area contributed by atoms with E-state index in [1.165, 1.54) is 5.56 Å². The highest BCUT2D eigenvalue weighted by Gasteiger charge is 2.10. The summed E-state index contributed by atoms with van der Waals surface area (Å²) in [7, 11) is 1.86. The van der Waals surface area contributed by atoms with Crippen molar-refractivity contribution in [3.8, 4) is 11.5 Å². The van der Waals surface area contributed by atoms with Gasteiger partial charge in [-0.25, -0.2) is 0 Å². The van der Waals surface area contributed by atoms with Crippen LogP contribution in [0.2, 0.25) is 0 Å². The molecule has 24 heavy (non-hydrogen) atoms. The Morgan fingerprint density at radius 3 is 2.83 bits per heavy atom. The molecule has 0 spiro atoms. The highest BCUT2D eigenvalue weighted by molar-refractivity contribution is 7.99. The van der Waals surface area contributed by atoms with Crippen LogP contribution >= 0.6 is 11.8 Å². The van der Waals surface area contributed by atoms with Gasteiger partial charge in [0.15, 0.2) is 5.76 Å². The van der Waals surface area contributed by atoms with Crippen LogP contribution < -0.4 is 5.32 Å². The van der Waals surface area contributed by atoms with Crippen molar-refractivity contribution in [2.75, 3.05) is 5.75 Å². The molecule has 124 valence electrons. The van der Waals surface area contributed by atoms with Crippen LogP contribution in [0.5, 0.6) is 0 Å². The largest absolute Gasteiger partial charge is 0.463 e. The molecule has 5 nitrogen and oxygen atoms in total. The van der Waals surface area contributed by atoms with Crippen LogP contribution in [0.25, 0.3) is 11.5 Å². The predicted octanol–water partition coefficient (Wildman–Crippen LogP) is 3.23. The molecule has 0 atom stereocenters. The number of hydrogen-bond donors (Lipinski definition) is 1. The summed E-state index contributed by atoms with van der Waals surface area (Å²) in [6, 6.07) is 15.8. The van der Waals surface area contributed by atoms with Crippen molar-refractivity contribution in [1.82, 2.24) is 15.1 Å². The summed E-state index contributed by atoms with van der Waals surface area (Å²) >= 11 is 1.60. The quantitative estimate of drug-likeness (QED) is 0.717. The first kappa shape index (κ1) is 16.4. The number of carbonyl (C=O) groups is 1. The van der Waals surface area contributed by atoms with Crippen LogP contribution in [0.15, 0.2) is 59.2 Å². The summed E-state index contributed by atoms with van der Waals surface area (Å²) in [5.41, 5.74) is 2.93. The van der Waals surface area contributed by atoms with Crippen LogP contribution in [-0.4, -0.2) is 21.4 Å². The number of hydrogen-bond acceptors (Lipinski definition) is 4. The molecule has 3 aromatic rings. The van der Waals surface area contributed by atoms with Gasteiger partial charge in [-0.3, -0.25) is 9.48 Å². The van der Waals surface area contributed by atoms with Crippen molar-refractivity contribution in [2.45, 2.75) is 12.3 Å². The molecule has 1 aromatic carbocycles. The molecule has 3 rings (SSSR count). The monoisotopic (exact) mass is 341 g/mol. The number of thioether (sulfide) groups is 1. The van der Waals surface area contributed by atoms with E-state index in [2.05, 4.69) is 22.5 Å². The van der Waals surface area contributed by atoms with E-state index in [1.54, 1.807) is 22.7 Å². The van der Waals surface area contributed by atoms with Gasteiger partial charge in [-0.15, -0.1) is 11.8 Å². The zero-order valence-corrected chi connectivity index (χ0v) is 14.3. The maximum Gasteiger partial charge on any atom is 0.230 e. The fourth-order valence-corrected chi connectivity index (χ4v) is 3.16. The van der Waals surface area contributed by atoms with E-state index >= 15 is 0 Å². The molecule has 0 saturated carbocycles. The van der Waals surface area contributed by atoms with Crippen LogP contribution in [0.3, 0.4) is 0 Å². The van der Waals surface area contributed by atoms with Crippen molar-refractivity contribution >= 4 is 17.7 Å². The summed E-state index contributed by atoms with van der Waals surface area (Å²) in [6.45, 7) is 0.416. The van der Waals surface area contributed by atoms with Crippen molar-refractivity contribution in [3.05, 3.63) is 66.1 Å². The second kappa shape index (κ2) is 7.88. The normalized spacial score (nSPS) is 10.7. The summed E-state index contributed by atoms with van der Waals surface area (Å²) in [5.74, 6) is 2.05. The Balaban J connectivity index is 1.45. The van der Waals surface area contributed by atoms with Gasteiger partial charge in [-0.1, -0.05) is 30.3 Å². The molecule has 0 bridgehead atoms. The van der Waals surface area contributed by atoms with Crippen LogP contribution in [0, 0.1) is 0 Å². The van der Waals surface area contributed by atoms with Gasteiger partial charge in [0, 0.05) is 12.8 Å². The minimum Gasteiger partial charge on any atom is -0.463 e. The van der Waals surface area contributed by atoms with E-state index in [0.717, 1.165) is 22.9 Å². The number of amides is 1. The lowest BCUT2D eigenvalue weighted by atomic mass is 10.2. The number of furan rings is 1. The number of carbonyl (C=O) groups excluding carboxylic acids is 1. The molecule has 2 heterocycles. The SMILES string of the molecule is Cn1nc(CNC(=O)CSCc2ccccc2)cc1-c1ccco1. The third kappa shape index (κ3) is 4.29.